The molecule has 1 aliphatic rings. The first kappa shape index (κ1) is 22.9. The summed E-state index contributed by atoms with van der Waals surface area (Å²) < 4.78 is 40.3. The van der Waals surface area contributed by atoms with Crippen LogP contribution in [0.3, 0.4) is 0 Å². The van der Waals surface area contributed by atoms with Crippen LogP contribution in [-0.2, 0) is 11.2 Å². The number of ether oxygens (including phenoxy) is 2. The predicted octanol–water partition coefficient (Wildman–Crippen LogP) is 5.33. The fourth-order valence-corrected chi connectivity index (χ4v) is 4.60. The van der Waals surface area contributed by atoms with Crippen molar-refractivity contribution in [1.82, 2.24) is 0 Å². The van der Waals surface area contributed by atoms with Crippen LogP contribution in [0.25, 0.3) is 10.8 Å². The molecule has 1 aliphatic heterocycles. The third kappa shape index (κ3) is 4.46. The first-order chi connectivity index (χ1) is 15.4. The lowest BCUT2D eigenvalue weighted by Crippen LogP contribution is -2.33. The van der Waals surface area contributed by atoms with Crippen molar-refractivity contribution in [1.29, 1.82) is 0 Å². The second kappa shape index (κ2) is 9.71. The molecule has 1 saturated heterocycles. The third-order valence-electron chi connectivity index (χ3n) is 5.82. The van der Waals surface area contributed by atoms with Crippen LogP contribution in [0.1, 0.15) is 42.6 Å². The van der Waals surface area contributed by atoms with Gasteiger partial charge >= 0.3 is 0 Å². The second-order valence-corrected chi connectivity index (χ2v) is 8.38. The first-order valence-electron chi connectivity index (χ1n) is 10.7. The van der Waals surface area contributed by atoms with Gasteiger partial charge in [-0.05, 0) is 35.1 Å². The Balaban J connectivity index is 1.78. The SMILES string of the molecule is CCOc1ccc(Cc2cc([C@H]3C[C@@H](O)C[C@@H](CO)O3)c3ccccc3c2Cl)c(F)c1F. The minimum atomic E-state index is -1.02. The summed E-state index contributed by atoms with van der Waals surface area (Å²) in [6, 6.07) is 12.3. The minimum absolute atomic E-state index is 0.0739. The molecular formula is C25H25ClF2O4. The van der Waals surface area contributed by atoms with E-state index in [1.165, 1.54) is 12.1 Å². The molecule has 0 bridgehead atoms. The van der Waals surface area contributed by atoms with Gasteiger partial charge in [0.2, 0.25) is 5.82 Å². The molecule has 170 valence electrons. The molecule has 1 fully saturated rings. The summed E-state index contributed by atoms with van der Waals surface area (Å²) in [6.07, 6.45) is -0.736. The Bertz CT molecular complexity index is 1120. The highest BCUT2D eigenvalue weighted by molar-refractivity contribution is 6.36. The Morgan fingerprint density at radius 3 is 2.53 bits per heavy atom. The lowest BCUT2D eigenvalue weighted by molar-refractivity contribution is -0.113. The Kier molecular flexibility index (Phi) is 6.96. The van der Waals surface area contributed by atoms with E-state index in [-0.39, 0.29) is 30.9 Å². The fourth-order valence-electron chi connectivity index (χ4n) is 4.31. The molecule has 0 spiro atoms. The first-order valence-corrected chi connectivity index (χ1v) is 11.0. The number of aliphatic hydroxyl groups excluding tert-OH is 2. The van der Waals surface area contributed by atoms with Gasteiger partial charge in [-0.1, -0.05) is 48.0 Å². The highest BCUT2D eigenvalue weighted by Crippen LogP contribution is 2.40. The number of hydrogen-bond acceptors (Lipinski definition) is 4. The van der Waals surface area contributed by atoms with Crippen molar-refractivity contribution in [2.75, 3.05) is 13.2 Å². The monoisotopic (exact) mass is 462 g/mol. The van der Waals surface area contributed by atoms with Crippen molar-refractivity contribution in [3.05, 3.63) is 75.8 Å². The predicted molar refractivity (Wildman–Crippen MR) is 119 cm³/mol. The zero-order valence-electron chi connectivity index (χ0n) is 17.7. The average Bonchev–Trinajstić information content (AvgIpc) is 2.80. The normalized spacial score (nSPS) is 21.1. The number of benzene rings is 3. The number of rotatable bonds is 6. The van der Waals surface area contributed by atoms with Gasteiger partial charge in [-0.3, -0.25) is 0 Å². The van der Waals surface area contributed by atoms with Crippen molar-refractivity contribution in [2.24, 2.45) is 0 Å². The van der Waals surface area contributed by atoms with Crippen LogP contribution < -0.4 is 4.74 Å². The number of fused-ring (bicyclic) bond motifs is 1. The number of halogens is 3. The van der Waals surface area contributed by atoms with E-state index in [4.69, 9.17) is 21.1 Å². The van der Waals surface area contributed by atoms with E-state index in [2.05, 4.69) is 0 Å². The summed E-state index contributed by atoms with van der Waals surface area (Å²) in [4.78, 5) is 0. The van der Waals surface area contributed by atoms with Crippen LogP contribution in [0.2, 0.25) is 5.02 Å². The molecule has 0 aromatic heterocycles. The van der Waals surface area contributed by atoms with E-state index in [0.717, 1.165) is 16.3 Å². The summed E-state index contributed by atoms with van der Waals surface area (Å²) in [5, 5.41) is 21.9. The van der Waals surface area contributed by atoms with E-state index in [0.29, 0.717) is 23.4 Å². The van der Waals surface area contributed by atoms with Gasteiger partial charge in [-0.2, -0.15) is 4.39 Å². The number of hydrogen-bond donors (Lipinski definition) is 2. The molecule has 7 heteroatoms. The molecule has 32 heavy (non-hydrogen) atoms. The van der Waals surface area contributed by atoms with Crippen molar-refractivity contribution < 1.29 is 28.5 Å². The van der Waals surface area contributed by atoms with Crippen LogP contribution in [0.15, 0.2) is 42.5 Å². The summed E-state index contributed by atoms with van der Waals surface area (Å²) in [7, 11) is 0. The molecule has 3 aromatic rings. The molecule has 0 radical (unpaired) electrons. The zero-order chi connectivity index (χ0) is 22.8. The smallest absolute Gasteiger partial charge is 0.200 e. The topological polar surface area (TPSA) is 58.9 Å². The van der Waals surface area contributed by atoms with Crippen LogP contribution in [-0.4, -0.2) is 35.6 Å². The maximum atomic E-state index is 14.7. The van der Waals surface area contributed by atoms with E-state index in [9.17, 15) is 19.0 Å². The summed E-state index contributed by atoms with van der Waals surface area (Å²) >= 11 is 6.69. The fraction of sp³-hybridized carbons (Fsp3) is 0.360. The highest BCUT2D eigenvalue weighted by atomic mass is 35.5. The molecule has 0 amide bonds. The molecule has 0 saturated carbocycles. The summed E-state index contributed by atoms with van der Waals surface area (Å²) in [5.41, 5.74) is 1.57. The molecule has 0 aliphatic carbocycles. The third-order valence-corrected chi connectivity index (χ3v) is 6.27. The average molecular weight is 463 g/mol. The van der Waals surface area contributed by atoms with Crippen LogP contribution >= 0.6 is 11.6 Å². The highest BCUT2D eigenvalue weighted by Gasteiger charge is 2.31. The van der Waals surface area contributed by atoms with Gasteiger partial charge in [-0.25, -0.2) is 4.39 Å². The van der Waals surface area contributed by atoms with E-state index >= 15 is 0 Å². The van der Waals surface area contributed by atoms with Gasteiger partial charge in [0.25, 0.3) is 0 Å². The minimum Gasteiger partial charge on any atom is -0.491 e. The van der Waals surface area contributed by atoms with E-state index in [1.807, 2.05) is 30.3 Å². The zero-order valence-corrected chi connectivity index (χ0v) is 18.4. The second-order valence-electron chi connectivity index (χ2n) is 8.00. The lowest BCUT2D eigenvalue weighted by atomic mass is 9.90. The van der Waals surface area contributed by atoms with Gasteiger partial charge in [0.15, 0.2) is 11.6 Å². The van der Waals surface area contributed by atoms with Crippen LogP contribution in [0.4, 0.5) is 8.78 Å². The molecule has 4 nitrogen and oxygen atoms in total. The Labute approximate surface area is 190 Å². The van der Waals surface area contributed by atoms with E-state index in [1.54, 1.807) is 6.92 Å². The van der Waals surface area contributed by atoms with Crippen molar-refractivity contribution in [3.63, 3.8) is 0 Å². The Hall–Kier alpha value is -2.25. The van der Waals surface area contributed by atoms with Gasteiger partial charge in [0.05, 0.1) is 36.5 Å². The Morgan fingerprint density at radius 1 is 1.06 bits per heavy atom. The molecule has 3 aromatic carbocycles. The summed E-state index contributed by atoms with van der Waals surface area (Å²) in [6.45, 7) is 1.74. The molecule has 1 heterocycles. The quantitative estimate of drug-likeness (QED) is 0.519. The Morgan fingerprint density at radius 2 is 1.81 bits per heavy atom. The van der Waals surface area contributed by atoms with Crippen molar-refractivity contribution in [3.8, 4) is 5.75 Å². The largest absolute Gasteiger partial charge is 0.491 e. The molecule has 3 atom stereocenters. The maximum Gasteiger partial charge on any atom is 0.200 e. The number of aliphatic hydroxyl groups is 2. The molecule has 4 rings (SSSR count). The van der Waals surface area contributed by atoms with Crippen molar-refractivity contribution in [2.45, 2.75) is 44.5 Å². The maximum absolute atomic E-state index is 14.7. The molecule has 2 N–H and O–H groups in total. The molecular weight excluding hydrogens is 438 g/mol. The van der Waals surface area contributed by atoms with E-state index < -0.39 is 29.9 Å². The molecule has 0 unspecified atom stereocenters. The van der Waals surface area contributed by atoms with Gasteiger partial charge in [-0.15, -0.1) is 0 Å². The van der Waals surface area contributed by atoms with Gasteiger partial charge < -0.3 is 19.7 Å². The van der Waals surface area contributed by atoms with Gasteiger partial charge in [0, 0.05) is 24.6 Å². The lowest BCUT2D eigenvalue weighted by Gasteiger charge is -2.33. The standard InChI is InChI=1S/C25H25ClF2O4/c1-2-31-21-8-7-14(24(27)25(21)28)9-15-10-20(18-5-3-4-6-19(18)23(15)26)22-12-16(30)11-17(13-29)32-22/h3-8,10,16-17,22,29-30H,2,9,11-13H2,1H3/t16-,17-,22+/m0/s1. The summed E-state index contributed by atoms with van der Waals surface area (Å²) in [5.74, 6) is -2.11. The van der Waals surface area contributed by atoms with Crippen molar-refractivity contribution >= 4 is 22.4 Å². The van der Waals surface area contributed by atoms with Crippen LogP contribution in [0.5, 0.6) is 5.75 Å². The van der Waals surface area contributed by atoms with Gasteiger partial charge in [0.1, 0.15) is 0 Å². The van der Waals surface area contributed by atoms with Crippen LogP contribution in [0, 0.1) is 11.6 Å².